The molecule has 164 valence electrons. The molecule has 0 radical (unpaired) electrons. The van der Waals surface area contributed by atoms with Crippen molar-refractivity contribution >= 4 is 33.3 Å². The van der Waals surface area contributed by atoms with E-state index >= 15 is 0 Å². The molecular weight excluding hydrogens is 449 g/mol. The zero-order valence-electron chi connectivity index (χ0n) is 17.1. The minimum atomic E-state index is -0.317. The van der Waals surface area contributed by atoms with Crippen LogP contribution in [0.1, 0.15) is 28.5 Å². The number of hydrogen-bond acceptors (Lipinski definition) is 7. The summed E-state index contributed by atoms with van der Waals surface area (Å²) in [4.78, 5) is 22.4. The summed E-state index contributed by atoms with van der Waals surface area (Å²) in [6.07, 6.45) is 4.86. The second kappa shape index (κ2) is 8.87. The number of thioether (sulfide) groups is 1. The summed E-state index contributed by atoms with van der Waals surface area (Å²) in [6, 6.07) is 5.82. The summed E-state index contributed by atoms with van der Waals surface area (Å²) in [5.74, 6) is 1.93. The van der Waals surface area contributed by atoms with Crippen molar-refractivity contribution in [2.45, 2.75) is 43.3 Å². The van der Waals surface area contributed by atoms with Crippen LogP contribution in [0, 0.1) is 5.82 Å². The van der Waals surface area contributed by atoms with Crippen molar-refractivity contribution in [3.8, 4) is 5.75 Å². The number of nitrogens with one attached hydrogen (secondary N) is 1. The summed E-state index contributed by atoms with van der Waals surface area (Å²) >= 11 is 3.07. The minimum Gasteiger partial charge on any atom is -0.486 e. The Kier molecular flexibility index (Phi) is 5.79. The number of allylic oxidation sites excluding steroid dienone is 1. The number of aryl methyl sites for hydroxylation is 2. The summed E-state index contributed by atoms with van der Waals surface area (Å²) in [6.45, 7) is 4.51. The van der Waals surface area contributed by atoms with Gasteiger partial charge in [0.15, 0.2) is 11.0 Å². The SMILES string of the molecule is C=CCn1c(COc2ccc(F)cc2)nnc1SCc1nc2sc3c(c2c(=O)[nH]1)CCC3. The molecular formula is C22H20FN5O2S2. The van der Waals surface area contributed by atoms with Crippen LogP contribution in [0.15, 0.2) is 46.9 Å². The van der Waals surface area contributed by atoms with E-state index in [2.05, 4.69) is 26.7 Å². The highest BCUT2D eigenvalue weighted by molar-refractivity contribution is 7.98. The molecule has 0 aliphatic heterocycles. The van der Waals surface area contributed by atoms with Gasteiger partial charge in [0.1, 0.15) is 28.8 Å². The summed E-state index contributed by atoms with van der Waals surface area (Å²) in [5.41, 5.74) is 1.11. The van der Waals surface area contributed by atoms with Crippen molar-refractivity contribution in [1.82, 2.24) is 24.7 Å². The second-order valence-corrected chi connectivity index (χ2v) is 9.41. The molecule has 1 aliphatic carbocycles. The third-order valence-corrected chi connectivity index (χ3v) is 7.41. The molecule has 32 heavy (non-hydrogen) atoms. The highest BCUT2D eigenvalue weighted by Crippen LogP contribution is 2.34. The summed E-state index contributed by atoms with van der Waals surface area (Å²) in [7, 11) is 0. The molecule has 10 heteroatoms. The number of H-pyrrole nitrogens is 1. The second-order valence-electron chi connectivity index (χ2n) is 7.38. The van der Waals surface area contributed by atoms with Gasteiger partial charge in [-0.2, -0.15) is 0 Å². The number of ether oxygens (including phenoxy) is 1. The Morgan fingerprint density at radius 1 is 1.28 bits per heavy atom. The molecule has 1 N–H and O–H groups in total. The first kappa shape index (κ1) is 20.9. The van der Waals surface area contributed by atoms with Crippen LogP contribution in [0.5, 0.6) is 5.75 Å². The Balaban J connectivity index is 1.32. The Bertz CT molecular complexity index is 1340. The van der Waals surface area contributed by atoms with Gasteiger partial charge in [-0.15, -0.1) is 28.1 Å². The van der Waals surface area contributed by atoms with E-state index in [-0.39, 0.29) is 18.0 Å². The molecule has 0 saturated heterocycles. The van der Waals surface area contributed by atoms with Gasteiger partial charge in [-0.05, 0) is 49.1 Å². The molecule has 3 aromatic heterocycles. The van der Waals surface area contributed by atoms with Crippen LogP contribution in [-0.2, 0) is 31.7 Å². The van der Waals surface area contributed by atoms with Crippen molar-refractivity contribution in [2.24, 2.45) is 0 Å². The van der Waals surface area contributed by atoms with Crippen molar-refractivity contribution in [1.29, 1.82) is 0 Å². The molecule has 1 aromatic carbocycles. The van der Waals surface area contributed by atoms with Gasteiger partial charge in [-0.1, -0.05) is 17.8 Å². The third kappa shape index (κ3) is 4.07. The molecule has 7 nitrogen and oxygen atoms in total. The zero-order valence-corrected chi connectivity index (χ0v) is 18.8. The fraction of sp³-hybridized carbons (Fsp3) is 0.273. The van der Waals surface area contributed by atoms with E-state index in [1.165, 1.54) is 34.3 Å². The lowest BCUT2D eigenvalue weighted by Gasteiger charge is -2.09. The lowest BCUT2D eigenvalue weighted by Crippen LogP contribution is -2.11. The Hall–Kier alpha value is -2.98. The van der Waals surface area contributed by atoms with Gasteiger partial charge in [-0.25, -0.2) is 9.37 Å². The number of fused-ring (bicyclic) bond motifs is 3. The van der Waals surface area contributed by atoms with E-state index in [0.29, 0.717) is 34.9 Å². The number of nitrogens with zero attached hydrogens (tertiary/aromatic N) is 4. The van der Waals surface area contributed by atoms with E-state index in [9.17, 15) is 9.18 Å². The van der Waals surface area contributed by atoms with Gasteiger partial charge in [0.2, 0.25) is 0 Å². The van der Waals surface area contributed by atoms with Crippen LogP contribution in [-0.4, -0.2) is 24.7 Å². The fourth-order valence-electron chi connectivity index (χ4n) is 3.77. The van der Waals surface area contributed by atoms with Crippen LogP contribution in [0.2, 0.25) is 0 Å². The van der Waals surface area contributed by atoms with Gasteiger partial charge in [0.25, 0.3) is 5.56 Å². The number of thiophene rings is 1. The van der Waals surface area contributed by atoms with E-state index in [1.807, 2.05) is 4.57 Å². The number of benzene rings is 1. The monoisotopic (exact) mass is 469 g/mol. The predicted molar refractivity (Wildman–Crippen MR) is 123 cm³/mol. The summed E-state index contributed by atoms with van der Waals surface area (Å²) < 4.78 is 20.7. The predicted octanol–water partition coefficient (Wildman–Crippen LogP) is 4.26. The zero-order chi connectivity index (χ0) is 22.1. The molecule has 3 heterocycles. The van der Waals surface area contributed by atoms with E-state index in [1.54, 1.807) is 29.5 Å². The van der Waals surface area contributed by atoms with Gasteiger partial charge in [0.05, 0.1) is 11.1 Å². The Morgan fingerprint density at radius 3 is 2.94 bits per heavy atom. The van der Waals surface area contributed by atoms with Crippen LogP contribution < -0.4 is 10.3 Å². The number of hydrogen-bond donors (Lipinski definition) is 1. The van der Waals surface area contributed by atoms with Crippen LogP contribution in [0.25, 0.3) is 10.2 Å². The number of aromatic amines is 1. The lowest BCUT2D eigenvalue weighted by molar-refractivity contribution is 0.288. The average Bonchev–Trinajstić information content (AvgIpc) is 3.47. The van der Waals surface area contributed by atoms with E-state index in [4.69, 9.17) is 4.74 Å². The fourth-order valence-corrected chi connectivity index (χ4v) is 5.89. The maximum atomic E-state index is 13.1. The molecule has 0 fully saturated rings. The first-order chi connectivity index (χ1) is 15.6. The first-order valence-electron chi connectivity index (χ1n) is 10.2. The molecule has 0 amide bonds. The van der Waals surface area contributed by atoms with Crippen molar-refractivity contribution in [3.05, 3.63) is 75.2 Å². The van der Waals surface area contributed by atoms with Gasteiger partial charge < -0.3 is 9.72 Å². The molecule has 0 bridgehead atoms. The first-order valence-corrected chi connectivity index (χ1v) is 12.0. The standard InChI is InChI=1S/C22H20FN5O2S2/c1-2-10-28-18(11-30-14-8-6-13(23)7-9-14)26-27-22(28)31-12-17-24-20(29)19-15-4-3-5-16(15)32-21(19)25-17/h2,6-9H,1,3-5,10-12H2,(H,24,25,29). The van der Waals surface area contributed by atoms with Crippen LogP contribution >= 0.6 is 23.1 Å². The quantitative estimate of drug-likeness (QED) is 0.307. The van der Waals surface area contributed by atoms with Gasteiger partial charge in [-0.3, -0.25) is 9.36 Å². The van der Waals surface area contributed by atoms with Crippen molar-refractivity contribution in [2.75, 3.05) is 0 Å². The number of rotatable bonds is 8. The average molecular weight is 470 g/mol. The number of halogens is 1. The smallest absolute Gasteiger partial charge is 0.259 e. The summed E-state index contributed by atoms with van der Waals surface area (Å²) in [5, 5.41) is 9.94. The largest absolute Gasteiger partial charge is 0.486 e. The number of aromatic nitrogens is 5. The highest BCUT2D eigenvalue weighted by Gasteiger charge is 2.21. The van der Waals surface area contributed by atoms with Gasteiger partial charge >= 0.3 is 0 Å². The highest BCUT2D eigenvalue weighted by atomic mass is 32.2. The third-order valence-electron chi connectivity index (χ3n) is 5.25. The van der Waals surface area contributed by atoms with E-state index in [0.717, 1.165) is 29.5 Å². The van der Waals surface area contributed by atoms with Crippen molar-refractivity contribution in [3.63, 3.8) is 0 Å². The Labute approximate surface area is 191 Å². The molecule has 0 unspecified atom stereocenters. The molecule has 4 aromatic rings. The van der Waals surface area contributed by atoms with Crippen LogP contribution in [0.3, 0.4) is 0 Å². The molecule has 5 rings (SSSR count). The maximum absolute atomic E-state index is 13.1. The van der Waals surface area contributed by atoms with Crippen molar-refractivity contribution < 1.29 is 9.13 Å². The van der Waals surface area contributed by atoms with E-state index < -0.39 is 0 Å². The molecule has 1 aliphatic rings. The van der Waals surface area contributed by atoms with Crippen LogP contribution in [0.4, 0.5) is 4.39 Å². The topological polar surface area (TPSA) is 85.7 Å². The minimum absolute atomic E-state index is 0.0639. The molecule has 0 spiro atoms. The van der Waals surface area contributed by atoms with Gasteiger partial charge in [0, 0.05) is 11.4 Å². The lowest BCUT2D eigenvalue weighted by atomic mass is 10.2. The molecule has 0 atom stereocenters. The molecule has 0 saturated carbocycles. The maximum Gasteiger partial charge on any atom is 0.259 e. The Morgan fingerprint density at radius 2 is 2.12 bits per heavy atom. The normalized spacial score (nSPS) is 12.9.